The van der Waals surface area contributed by atoms with E-state index in [-0.39, 0.29) is 11.4 Å². The van der Waals surface area contributed by atoms with Gasteiger partial charge in [-0.1, -0.05) is 96.0 Å². The number of H-pyrrole nitrogens is 1. The fraction of sp³-hybridized carbons (Fsp3) is 0.410. The van der Waals surface area contributed by atoms with Crippen LogP contribution in [-0.2, 0) is 0 Å². The first-order chi connectivity index (χ1) is 21.3. The summed E-state index contributed by atoms with van der Waals surface area (Å²) >= 11 is 0. The molecule has 0 spiro atoms. The summed E-state index contributed by atoms with van der Waals surface area (Å²) in [7, 11) is 0. The van der Waals surface area contributed by atoms with Crippen molar-refractivity contribution >= 4 is 22.2 Å². The monoisotopic (exact) mass is 592 g/mol. The fourth-order valence-electron chi connectivity index (χ4n) is 7.25. The van der Waals surface area contributed by atoms with Crippen LogP contribution >= 0.6 is 0 Å². The smallest absolute Gasteiger partial charge is 0.125 e. The molecular formula is C39H49FN4. The van der Waals surface area contributed by atoms with Crippen LogP contribution < -0.4 is 11.1 Å². The van der Waals surface area contributed by atoms with Gasteiger partial charge >= 0.3 is 0 Å². The third-order valence-electron chi connectivity index (χ3n) is 9.94. The number of rotatable bonds is 10. The average Bonchev–Trinajstić information content (AvgIpc) is 3.58. The van der Waals surface area contributed by atoms with Crippen LogP contribution in [0, 0.1) is 11.7 Å². The Morgan fingerprint density at radius 1 is 1.00 bits per heavy atom. The Bertz CT molecular complexity index is 1610. The molecule has 0 bridgehead atoms. The normalized spacial score (nSPS) is 19.0. The quantitative estimate of drug-likeness (QED) is 0.151. The third-order valence-corrected chi connectivity index (χ3v) is 9.94. The molecule has 2 aliphatic rings. The van der Waals surface area contributed by atoms with Crippen molar-refractivity contribution in [2.75, 3.05) is 6.54 Å². The van der Waals surface area contributed by atoms with Crippen LogP contribution in [0.2, 0.25) is 0 Å². The van der Waals surface area contributed by atoms with Crippen molar-refractivity contribution in [2.24, 2.45) is 11.7 Å². The second-order valence-electron chi connectivity index (χ2n) is 12.7. The highest BCUT2D eigenvalue weighted by molar-refractivity contribution is 6.01. The van der Waals surface area contributed by atoms with E-state index in [1.54, 1.807) is 0 Å². The minimum Gasteiger partial charge on any atom is -0.385 e. The summed E-state index contributed by atoms with van der Waals surface area (Å²) < 4.78 is 13.1. The Morgan fingerprint density at radius 2 is 1.73 bits per heavy atom. The number of halogens is 1. The van der Waals surface area contributed by atoms with Crippen LogP contribution in [0.15, 0.2) is 73.8 Å². The highest BCUT2D eigenvalue weighted by atomic mass is 19.1. The molecule has 1 aromatic heterocycles. The van der Waals surface area contributed by atoms with Crippen molar-refractivity contribution in [3.05, 3.63) is 102 Å². The minimum atomic E-state index is -0.224. The van der Waals surface area contributed by atoms with Crippen LogP contribution in [0.4, 0.5) is 4.39 Å². The van der Waals surface area contributed by atoms with Crippen molar-refractivity contribution in [2.45, 2.75) is 90.0 Å². The molecule has 2 aliphatic carbocycles. The van der Waals surface area contributed by atoms with E-state index >= 15 is 0 Å². The van der Waals surface area contributed by atoms with Crippen LogP contribution in [0.5, 0.6) is 0 Å². The second-order valence-corrected chi connectivity index (χ2v) is 12.7. The van der Waals surface area contributed by atoms with Gasteiger partial charge in [0.25, 0.3) is 0 Å². The van der Waals surface area contributed by atoms with Crippen molar-refractivity contribution in [3.63, 3.8) is 0 Å². The number of hydrogen-bond acceptors (Lipinski definition) is 3. The van der Waals surface area contributed by atoms with Gasteiger partial charge in [0.2, 0.25) is 0 Å². The van der Waals surface area contributed by atoms with Gasteiger partial charge in [-0.05, 0) is 89.6 Å². The Morgan fingerprint density at radius 3 is 2.45 bits per heavy atom. The summed E-state index contributed by atoms with van der Waals surface area (Å²) in [6.07, 6.45) is 10.6. The molecule has 5 heteroatoms. The predicted molar refractivity (Wildman–Crippen MR) is 185 cm³/mol. The largest absolute Gasteiger partial charge is 0.385 e. The van der Waals surface area contributed by atoms with Crippen LogP contribution in [0.1, 0.15) is 107 Å². The zero-order chi connectivity index (χ0) is 31.3. The summed E-state index contributed by atoms with van der Waals surface area (Å²) in [4.78, 5) is 0. The summed E-state index contributed by atoms with van der Waals surface area (Å²) in [6.45, 7) is 16.1. The Kier molecular flexibility index (Phi) is 10.1. The molecule has 1 heterocycles. The third kappa shape index (κ3) is 6.53. The number of hydrogen-bond donors (Lipinski definition) is 3. The zero-order valence-electron chi connectivity index (χ0n) is 26.8. The lowest BCUT2D eigenvalue weighted by atomic mass is 9.72. The van der Waals surface area contributed by atoms with E-state index in [0.717, 1.165) is 72.8 Å². The maximum atomic E-state index is 13.1. The lowest BCUT2D eigenvalue weighted by Crippen LogP contribution is -2.51. The molecule has 0 amide bonds. The van der Waals surface area contributed by atoms with Crippen molar-refractivity contribution < 1.29 is 4.39 Å². The van der Waals surface area contributed by atoms with E-state index in [2.05, 4.69) is 91.9 Å². The number of nitrogens with zero attached hydrogens (tertiary/aromatic N) is 1. The van der Waals surface area contributed by atoms with Crippen molar-refractivity contribution in [1.29, 1.82) is 0 Å². The molecule has 6 rings (SSSR count). The number of benzene rings is 3. The number of fused-ring (bicyclic) bond motifs is 4. The molecule has 2 atom stereocenters. The number of aromatic amines is 1. The van der Waals surface area contributed by atoms with Gasteiger partial charge in [0.15, 0.2) is 0 Å². The van der Waals surface area contributed by atoms with E-state index in [9.17, 15) is 4.39 Å². The van der Waals surface area contributed by atoms with Gasteiger partial charge in [0, 0.05) is 40.8 Å². The molecule has 44 heavy (non-hydrogen) atoms. The van der Waals surface area contributed by atoms with E-state index in [1.807, 2.05) is 6.07 Å². The Balaban J connectivity index is 0.000000195. The highest BCUT2D eigenvalue weighted by Crippen LogP contribution is 2.44. The minimum absolute atomic E-state index is 0.0284. The lowest BCUT2D eigenvalue weighted by Gasteiger charge is -2.41. The molecule has 3 aromatic carbocycles. The fourth-order valence-corrected chi connectivity index (χ4v) is 7.25. The number of nitrogens with one attached hydrogen (secondary N) is 2. The van der Waals surface area contributed by atoms with Crippen LogP contribution in [-0.4, -0.2) is 22.3 Å². The van der Waals surface area contributed by atoms with E-state index in [4.69, 9.17) is 5.73 Å². The van der Waals surface area contributed by atoms with Gasteiger partial charge < -0.3 is 11.1 Å². The predicted octanol–water partition coefficient (Wildman–Crippen LogP) is 9.97. The summed E-state index contributed by atoms with van der Waals surface area (Å²) in [5.41, 5.74) is 16.8. The Hall–Kier alpha value is -3.70. The number of aromatic nitrogens is 2. The summed E-state index contributed by atoms with van der Waals surface area (Å²) in [6, 6.07) is 19.9. The topological polar surface area (TPSA) is 66.7 Å². The lowest BCUT2D eigenvalue weighted by molar-refractivity contribution is 0.183. The highest BCUT2D eigenvalue weighted by Gasteiger charge is 2.35. The molecule has 1 fully saturated rings. The Labute approximate surface area is 263 Å². The second kappa shape index (κ2) is 13.9. The molecule has 4 nitrogen and oxygen atoms in total. The molecule has 232 valence electrons. The van der Waals surface area contributed by atoms with Gasteiger partial charge in [0.05, 0.1) is 5.52 Å². The summed E-state index contributed by atoms with van der Waals surface area (Å²) in [5, 5.41) is 11.9. The maximum Gasteiger partial charge on any atom is 0.125 e. The first-order valence-electron chi connectivity index (χ1n) is 16.6. The molecular weight excluding hydrogens is 543 g/mol. The van der Waals surface area contributed by atoms with Gasteiger partial charge in [-0.25, -0.2) is 4.39 Å². The van der Waals surface area contributed by atoms with Gasteiger partial charge in [0.1, 0.15) is 5.82 Å². The molecule has 0 saturated heterocycles. The van der Waals surface area contributed by atoms with Gasteiger partial charge in [-0.2, -0.15) is 5.10 Å². The molecule has 1 saturated carbocycles. The first-order valence-corrected chi connectivity index (χ1v) is 16.6. The van der Waals surface area contributed by atoms with Gasteiger partial charge in [-0.3, -0.25) is 5.10 Å². The zero-order valence-corrected chi connectivity index (χ0v) is 26.8. The summed E-state index contributed by atoms with van der Waals surface area (Å²) in [5.74, 6) is 0.806. The van der Waals surface area contributed by atoms with Crippen LogP contribution in [0.3, 0.4) is 0 Å². The number of nitrogens with two attached hydrogens (primary N) is 1. The molecule has 0 radical (unpaired) electrons. The molecule has 4 N–H and O–H groups in total. The molecule has 4 aromatic rings. The molecule has 0 aliphatic heterocycles. The van der Waals surface area contributed by atoms with E-state index < -0.39 is 0 Å². The average molecular weight is 593 g/mol. The molecule has 2 unspecified atom stereocenters. The van der Waals surface area contributed by atoms with Crippen LogP contribution in [0.25, 0.3) is 33.3 Å². The first kappa shape index (κ1) is 31.7. The van der Waals surface area contributed by atoms with E-state index in [1.165, 1.54) is 59.3 Å². The van der Waals surface area contributed by atoms with Crippen molar-refractivity contribution in [1.82, 2.24) is 15.5 Å². The van der Waals surface area contributed by atoms with Gasteiger partial charge in [-0.15, -0.1) is 0 Å². The van der Waals surface area contributed by atoms with E-state index in [0.29, 0.717) is 11.8 Å². The SMILES string of the molecule is C=C(NCC1CCCCC1(N)CC)c1ccc2c(c1)C(=C)c1ccccc1-2.CCCC(CCC)c1[nH]nc2cc(F)ccc12. The standard InChI is InChI=1S/C25H30N2.C14H19FN2/c1-4-25(26)14-8-7-9-20(25)16-27-18(3)19-12-13-23-22-11-6-5-10-21(22)17(2)24(23)15-19;1-3-5-10(6-4-2)14-12-8-7-11(15)9-13(12)16-17-14/h5-6,10-13,15,20,27H,2-4,7-9,14,16,26H2,1H3;7-10H,3-6H2,1-2H3,(H,16,17). The van der Waals surface area contributed by atoms with Crippen molar-refractivity contribution in [3.8, 4) is 11.1 Å². The maximum absolute atomic E-state index is 13.1.